The van der Waals surface area contributed by atoms with Crippen LogP contribution in [0.5, 0.6) is 0 Å². The Bertz CT molecular complexity index is 1710. The average molecular weight is 463 g/mol. The van der Waals surface area contributed by atoms with Gasteiger partial charge in [-0.1, -0.05) is 84.9 Å². The molecule has 3 heterocycles. The summed E-state index contributed by atoms with van der Waals surface area (Å²) >= 11 is 0. The SMILES string of the molecule is Cn1c(=O)c2c(nc3n2[C@H](c2ccccc2)C(c2ccc(-c4ccccc4)cc2)=NN3)n(C)c1=O. The molecule has 1 N–H and O–H groups in total. The molecule has 35 heavy (non-hydrogen) atoms. The molecule has 0 amide bonds. The van der Waals surface area contributed by atoms with Crippen molar-refractivity contribution in [2.75, 3.05) is 5.43 Å². The van der Waals surface area contributed by atoms with Crippen LogP contribution in [0.4, 0.5) is 5.95 Å². The zero-order chi connectivity index (χ0) is 24.1. The van der Waals surface area contributed by atoms with Crippen molar-refractivity contribution in [3.63, 3.8) is 0 Å². The van der Waals surface area contributed by atoms with Crippen LogP contribution in [0.2, 0.25) is 0 Å². The summed E-state index contributed by atoms with van der Waals surface area (Å²) in [6.07, 6.45) is 0. The number of nitrogens with zero attached hydrogens (tertiary/aromatic N) is 5. The van der Waals surface area contributed by atoms with Gasteiger partial charge in [-0.15, -0.1) is 0 Å². The van der Waals surface area contributed by atoms with Gasteiger partial charge < -0.3 is 0 Å². The van der Waals surface area contributed by atoms with Crippen molar-refractivity contribution in [1.29, 1.82) is 0 Å². The van der Waals surface area contributed by atoms with Gasteiger partial charge in [-0.05, 0) is 16.7 Å². The van der Waals surface area contributed by atoms with Gasteiger partial charge in [-0.3, -0.25) is 18.5 Å². The van der Waals surface area contributed by atoms with Gasteiger partial charge in [0, 0.05) is 19.7 Å². The second-order valence-electron chi connectivity index (χ2n) is 8.55. The molecule has 1 aliphatic heterocycles. The number of hydrazone groups is 1. The van der Waals surface area contributed by atoms with E-state index in [0.717, 1.165) is 32.5 Å². The third-order valence-corrected chi connectivity index (χ3v) is 6.49. The van der Waals surface area contributed by atoms with Crippen LogP contribution in [-0.4, -0.2) is 24.4 Å². The molecular formula is C27H22N6O2. The Morgan fingerprint density at radius 3 is 2.03 bits per heavy atom. The molecule has 1 atom stereocenters. The topological polar surface area (TPSA) is 86.2 Å². The van der Waals surface area contributed by atoms with Crippen LogP contribution in [0, 0.1) is 0 Å². The minimum absolute atomic E-state index is 0.317. The number of aryl methyl sites for hydroxylation is 1. The van der Waals surface area contributed by atoms with Crippen LogP contribution in [0.15, 0.2) is 99.6 Å². The first kappa shape index (κ1) is 20.9. The number of imidazole rings is 1. The van der Waals surface area contributed by atoms with Crippen molar-refractivity contribution in [1.82, 2.24) is 18.7 Å². The fourth-order valence-corrected chi connectivity index (χ4v) is 4.67. The second kappa shape index (κ2) is 7.95. The number of aromatic nitrogens is 4. The predicted molar refractivity (Wildman–Crippen MR) is 137 cm³/mol. The van der Waals surface area contributed by atoms with Gasteiger partial charge in [0.2, 0.25) is 5.95 Å². The van der Waals surface area contributed by atoms with E-state index in [-0.39, 0.29) is 0 Å². The van der Waals surface area contributed by atoms with Crippen molar-refractivity contribution < 1.29 is 0 Å². The first-order chi connectivity index (χ1) is 17.0. The van der Waals surface area contributed by atoms with Crippen LogP contribution >= 0.6 is 0 Å². The van der Waals surface area contributed by atoms with E-state index >= 15 is 0 Å². The third kappa shape index (κ3) is 3.22. The lowest BCUT2D eigenvalue weighted by Gasteiger charge is -2.27. The standard InChI is InChI=1S/C27H22N6O2/c1-31-24-23(25(34)32(2)27(31)35)33-22(20-11-7-4-8-12-20)21(29-30-26(33)28-24)19-15-13-18(14-16-19)17-9-5-3-6-10-17/h3-16,22H,1-2H3,(H,28,30)/t22-/m1/s1. The fourth-order valence-electron chi connectivity index (χ4n) is 4.67. The number of benzene rings is 3. The zero-order valence-corrected chi connectivity index (χ0v) is 19.2. The van der Waals surface area contributed by atoms with Crippen LogP contribution in [0.3, 0.4) is 0 Å². The smallest absolute Gasteiger partial charge is 0.289 e. The van der Waals surface area contributed by atoms with E-state index in [0.29, 0.717) is 17.1 Å². The van der Waals surface area contributed by atoms with Crippen molar-refractivity contribution in [3.8, 4) is 11.1 Å². The summed E-state index contributed by atoms with van der Waals surface area (Å²) in [5, 5.41) is 4.69. The molecule has 5 aromatic rings. The van der Waals surface area contributed by atoms with Crippen LogP contribution in [0.1, 0.15) is 17.2 Å². The highest BCUT2D eigenvalue weighted by Crippen LogP contribution is 2.34. The van der Waals surface area contributed by atoms with E-state index in [1.54, 1.807) is 7.05 Å². The summed E-state index contributed by atoms with van der Waals surface area (Å²) < 4.78 is 4.35. The van der Waals surface area contributed by atoms with E-state index in [4.69, 9.17) is 0 Å². The van der Waals surface area contributed by atoms with E-state index in [1.165, 1.54) is 11.6 Å². The molecule has 0 fully saturated rings. The number of hydrogen-bond acceptors (Lipinski definition) is 5. The number of anilines is 1. The second-order valence-corrected chi connectivity index (χ2v) is 8.55. The molecular weight excluding hydrogens is 440 g/mol. The molecule has 172 valence electrons. The molecule has 6 rings (SSSR count). The normalized spacial score (nSPS) is 14.9. The van der Waals surface area contributed by atoms with E-state index in [1.807, 2.05) is 65.2 Å². The zero-order valence-electron chi connectivity index (χ0n) is 19.2. The largest absolute Gasteiger partial charge is 0.332 e. The average Bonchev–Trinajstić information content (AvgIpc) is 3.31. The molecule has 0 saturated heterocycles. The highest BCUT2D eigenvalue weighted by Gasteiger charge is 2.32. The Morgan fingerprint density at radius 1 is 0.743 bits per heavy atom. The molecule has 2 aromatic heterocycles. The maximum atomic E-state index is 13.3. The lowest BCUT2D eigenvalue weighted by molar-refractivity contribution is 0.693. The Hall–Kier alpha value is -4.72. The maximum Gasteiger partial charge on any atom is 0.332 e. The third-order valence-electron chi connectivity index (χ3n) is 6.49. The number of hydrogen-bond donors (Lipinski definition) is 1. The highest BCUT2D eigenvalue weighted by atomic mass is 16.2. The van der Waals surface area contributed by atoms with Crippen molar-refractivity contribution in [3.05, 3.63) is 117 Å². The van der Waals surface area contributed by atoms with Crippen molar-refractivity contribution in [2.24, 2.45) is 19.2 Å². The molecule has 1 aliphatic rings. The summed E-state index contributed by atoms with van der Waals surface area (Å²) in [4.78, 5) is 30.4. The van der Waals surface area contributed by atoms with Crippen molar-refractivity contribution in [2.45, 2.75) is 6.04 Å². The molecule has 0 spiro atoms. The van der Waals surface area contributed by atoms with E-state index in [2.05, 4.69) is 39.8 Å². The van der Waals surface area contributed by atoms with Crippen LogP contribution < -0.4 is 16.7 Å². The monoisotopic (exact) mass is 462 g/mol. The minimum atomic E-state index is -0.424. The Morgan fingerprint density at radius 2 is 1.34 bits per heavy atom. The molecule has 0 unspecified atom stereocenters. The first-order valence-electron chi connectivity index (χ1n) is 11.3. The summed E-state index contributed by atoms with van der Waals surface area (Å²) in [7, 11) is 3.10. The maximum absolute atomic E-state index is 13.3. The first-order valence-corrected chi connectivity index (χ1v) is 11.3. The predicted octanol–water partition coefficient (Wildman–Crippen LogP) is 3.52. The van der Waals surface area contributed by atoms with Crippen molar-refractivity contribution >= 4 is 22.8 Å². The summed E-state index contributed by atoms with van der Waals surface area (Å²) in [6, 6.07) is 27.9. The van der Waals surface area contributed by atoms with Crippen LogP contribution in [0.25, 0.3) is 22.3 Å². The lowest BCUT2D eigenvalue weighted by Crippen LogP contribution is -2.38. The number of nitrogens with one attached hydrogen (secondary N) is 1. The van der Waals surface area contributed by atoms with Gasteiger partial charge in [-0.25, -0.2) is 10.2 Å². The van der Waals surface area contributed by atoms with Gasteiger partial charge in [0.1, 0.15) is 6.04 Å². The molecule has 0 bridgehead atoms. The van der Waals surface area contributed by atoms with E-state index < -0.39 is 17.3 Å². The number of rotatable bonds is 3. The fraction of sp³-hybridized carbons (Fsp3) is 0.111. The van der Waals surface area contributed by atoms with Gasteiger partial charge in [0.05, 0.1) is 5.71 Å². The molecule has 0 saturated carbocycles. The number of fused-ring (bicyclic) bond motifs is 3. The summed E-state index contributed by atoms with van der Waals surface area (Å²) in [6.45, 7) is 0. The molecule has 0 aliphatic carbocycles. The summed E-state index contributed by atoms with van der Waals surface area (Å²) in [5.74, 6) is 0.414. The Balaban J connectivity index is 1.56. The minimum Gasteiger partial charge on any atom is -0.289 e. The Labute approximate surface area is 200 Å². The molecule has 0 radical (unpaired) electrons. The highest BCUT2D eigenvalue weighted by molar-refractivity contribution is 6.07. The molecule has 3 aromatic carbocycles. The Kier molecular flexibility index (Phi) is 4.74. The summed E-state index contributed by atoms with van der Waals surface area (Å²) in [5.41, 5.74) is 7.72. The van der Waals surface area contributed by atoms with Crippen LogP contribution in [-0.2, 0) is 14.1 Å². The van der Waals surface area contributed by atoms with Gasteiger partial charge >= 0.3 is 5.69 Å². The van der Waals surface area contributed by atoms with Gasteiger partial charge in [0.15, 0.2) is 11.2 Å². The lowest BCUT2D eigenvalue weighted by atomic mass is 9.94. The van der Waals surface area contributed by atoms with Gasteiger partial charge in [-0.2, -0.15) is 10.1 Å². The molecule has 8 nitrogen and oxygen atoms in total. The quantitative estimate of drug-likeness (QED) is 0.445. The van der Waals surface area contributed by atoms with E-state index in [9.17, 15) is 9.59 Å². The molecule has 8 heteroatoms. The van der Waals surface area contributed by atoms with Gasteiger partial charge in [0.25, 0.3) is 5.56 Å².